The lowest BCUT2D eigenvalue weighted by molar-refractivity contribution is -0.125. The number of carbonyl (C=O) groups excluding carboxylic acids is 1. The highest BCUT2D eigenvalue weighted by Crippen LogP contribution is 2.32. The number of amides is 1. The molecule has 2 aliphatic heterocycles. The minimum absolute atomic E-state index is 0.0643. The second-order valence-electron chi connectivity index (χ2n) is 6.04. The van der Waals surface area contributed by atoms with Crippen LogP contribution in [0.1, 0.15) is 39.0 Å². The highest BCUT2D eigenvalue weighted by Gasteiger charge is 2.36. The highest BCUT2D eigenvalue weighted by molar-refractivity contribution is 5.78. The first-order valence-corrected chi connectivity index (χ1v) is 7.28. The standard InChI is InChI=1S/C14H27N3O/c1-10(9-15-2)14(18)16-11-7-12-5-4-6-13(8-11)17(12)3/h10-13,15H,4-9H2,1-3H3,(H,16,18). The molecule has 2 aliphatic rings. The quantitative estimate of drug-likeness (QED) is 0.785. The van der Waals surface area contributed by atoms with Crippen molar-refractivity contribution in [3.8, 4) is 0 Å². The van der Waals surface area contributed by atoms with E-state index in [1.54, 1.807) is 0 Å². The van der Waals surface area contributed by atoms with Gasteiger partial charge in [-0.2, -0.15) is 0 Å². The molecule has 0 radical (unpaired) electrons. The first-order valence-electron chi connectivity index (χ1n) is 7.28. The second kappa shape index (κ2) is 6.02. The van der Waals surface area contributed by atoms with Crippen molar-refractivity contribution < 1.29 is 4.79 Å². The summed E-state index contributed by atoms with van der Waals surface area (Å²) in [5, 5.41) is 6.31. The van der Waals surface area contributed by atoms with E-state index in [0.29, 0.717) is 18.1 Å². The van der Waals surface area contributed by atoms with Crippen LogP contribution in [-0.2, 0) is 4.79 Å². The molecular formula is C14H27N3O. The van der Waals surface area contributed by atoms with Crippen LogP contribution in [0.3, 0.4) is 0 Å². The third-order valence-corrected chi connectivity index (χ3v) is 4.64. The maximum absolute atomic E-state index is 12.0. The van der Waals surface area contributed by atoms with Gasteiger partial charge in [-0.15, -0.1) is 0 Å². The molecule has 3 atom stereocenters. The van der Waals surface area contributed by atoms with Gasteiger partial charge in [0.2, 0.25) is 5.91 Å². The van der Waals surface area contributed by atoms with Crippen molar-refractivity contribution in [2.24, 2.45) is 5.92 Å². The van der Waals surface area contributed by atoms with Gasteiger partial charge in [-0.25, -0.2) is 0 Å². The van der Waals surface area contributed by atoms with Gasteiger partial charge in [-0.3, -0.25) is 4.79 Å². The van der Waals surface area contributed by atoms with Gasteiger partial charge in [0.15, 0.2) is 0 Å². The summed E-state index contributed by atoms with van der Waals surface area (Å²) >= 11 is 0. The smallest absolute Gasteiger partial charge is 0.224 e. The zero-order valence-electron chi connectivity index (χ0n) is 11.9. The summed E-state index contributed by atoms with van der Waals surface area (Å²) in [5.74, 6) is 0.270. The van der Waals surface area contributed by atoms with Gasteiger partial charge in [0.25, 0.3) is 0 Å². The van der Waals surface area contributed by atoms with E-state index in [9.17, 15) is 4.79 Å². The van der Waals surface area contributed by atoms with Crippen LogP contribution in [0, 0.1) is 5.92 Å². The molecule has 2 bridgehead atoms. The van der Waals surface area contributed by atoms with Gasteiger partial charge in [-0.05, 0) is 39.8 Å². The molecule has 4 heteroatoms. The van der Waals surface area contributed by atoms with Crippen molar-refractivity contribution >= 4 is 5.91 Å². The Labute approximate surface area is 110 Å². The Hall–Kier alpha value is -0.610. The molecule has 4 nitrogen and oxygen atoms in total. The van der Waals surface area contributed by atoms with Crippen LogP contribution in [0.25, 0.3) is 0 Å². The first-order chi connectivity index (χ1) is 8.61. The minimum Gasteiger partial charge on any atom is -0.353 e. The SMILES string of the molecule is CNCC(C)C(=O)NC1CC2CCCC(C1)N2C. The fourth-order valence-corrected chi connectivity index (χ4v) is 3.48. The van der Waals surface area contributed by atoms with Gasteiger partial charge < -0.3 is 15.5 Å². The third-order valence-electron chi connectivity index (χ3n) is 4.64. The zero-order chi connectivity index (χ0) is 13.1. The molecule has 18 heavy (non-hydrogen) atoms. The van der Waals surface area contributed by atoms with Crippen LogP contribution < -0.4 is 10.6 Å². The van der Waals surface area contributed by atoms with Crippen LogP contribution in [0.15, 0.2) is 0 Å². The first kappa shape index (κ1) is 13.8. The highest BCUT2D eigenvalue weighted by atomic mass is 16.1. The lowest BCUT2D eigenvalue weighted by atomic mass is 9.82. The fourth-order valence-electron chi connectivity index (χ4n) is 3.48. The Morgan fingerprint density at radius 1 is 1.33 bits per heavy atom. The summed E-state index contributed by atoms with van der Waals surface area (Å²) in [6, 6.07) is 1.76. The van der Waals surface area contributed by atoms with Crippen molar-refractivity contribution in [2.45, 2.75) is 57.2 Å². The number of nitrogens with one attached hydrogen (secondary N) is 2. The van der Waals surface area contributed by atoms with Gasteiger partial charge >= 0.3 is 0 Å². The molecular weight excluding hydrogens is 226 g/mol. The monoisotopic (exact) mass is 253 g/mol. The summed E-state index contributed by atoms with van der Waals surface area (Å²) in [6.07, 6.45) is 6.21. The molecule has 0 aromatic carbocycles. The number of fused-ring (bicyclic) bond motifs is 2. The summed E-state index contributed by atoms with van der Waals surface area (Å²) in [7, 11) is 4.14. The Balaban J connectivity index is 1.86. The van der Waals surface area contributed by atoms with Crippen LogP contribution in [0.2, 0.25) is 0 Å². The van der Waals surface area contributed by atoms with Crippen molar-refractivity contribution in [3.05, 3.63) is 0 Å². The summed E-state index contributed by atoms with van der Waals surface area (Å²) in [4.78, 5) is 14.6. The normalized spacial score (nSPS) is 34.1. The average Bonchev–Trinajstić information content (AvgIpc) is 2.30. The molecule has 2 heterocycles. The predicted octanol–water partition coefficient (Wildman–Crippen LogP) is 0.973. The number of piperidine rings is 2. The number of carbonyl (C=O) groups is 1. The molecule has 2 saturated heterocycles. The Morgan fingerprint density at radius 3 is 2.50 bits per heavy atom. The maximum atomic E-state index is 12.0. The van der Waals surface area contributed by atoms with Crippen LogP contribution in [0.5, 0.6) is 0 Å². The molecule has 1 amide bonds. The fraction of sp³-hybridized carbons (Fsp3) is 0.929. The van der Waals surface area contributed by atoms with Crippen LogP contribution >= 0.6 is 0 Å². The van der Waals surface area contributed by atoms with Gasteiger partial charge in [-0.1, -0.05) is 13.3 Å². The van der Waals surface area contributed by atoms with Crippen LogP contribution in [-0.4, -0.2) is 49.6 Å². The van der Waals surface area contributed by atoms with Crippen molar-refractivity contribution in [1.29, 1.82) is 0 Å². The molecule has 0 aromatic heterocycles. The number of hydrogen-bond donors (Lipinski definition) is 2. The molecule has 2 N–H and O–H groups in total. The van der Waals surface area contributed by atoms with E-state index in [1.165, 1.54) is 19.3 Å². The molecule has 0 spiro atoms. The molecule has 0 saturated carbocycles. The minimum atomic E-state index is 0.0643. The lowest BCUT2D eigenvalue weighted by Gasteiger charge is -2.47. The van der Waals surface area contributed by atoms with E-state index >= 15 is 0 Å². The topological polar surface area (TPSA) is 44.4 Å². The number of nitrogens with zero attached hydrogens (tertiary/aromatic N) is 1. The summed E-state index contributed by atoms with van der Waals surface area (Å²) in [5.41, 5.74) is 0. The molecule has 0 aromatic rings. The Kier molecular flexibility index (Phi) is 4.62. The number of hydrogen-bond acceptors (Lipinski definition) is 3. The summed E-state index contributed by atoms with van der Waals surface area (Å²) in [6.45, 7) is 2.74. The zero-order valence-corrected chi connectivity index (χ0v) is 11.9. The average molecular weight is 253 g/mol. The van der Waals surface area contributed by atoms with E-state index in [1.807, 2.05) is 14.0 Å². The number of rotatable bonds is 4. The summed E-state index contributed by atoms with van der Waals surface area (Å²) < 4.78 is 0. The van der Waals surface area contributed by atoms with Gasteiger partial charge in [0, 0.05) is 30.6 Å². The van der Waals surface area contributed by atoms with E-state index in [-0.39, 0.29) is 11.8 Å². The molecule has 0 aliphatic carbocycles. The Bertz CT molecular complexity index is 281. The van der Waals surface area contributed by atoms with E-state index in [2.05, 4.69) is 22.6 Å². The van der Waals surface area contributed by atoms with Crippen molar-refractivity contribution in [3.63, 3.8) is 0 Å². The maximum Gasteiger partial charge on any atom is 0.224 e. The molecule has 104 valence electrons. The predicted molar refractivity (Wildman–Crippen MR) is 73.4 cm³/mol. The molecule has 2 fully saturated rings. The largest absolute Gasteiger partial charge is 0.353 e. The molecule has 2 rings (SSSR count). The van der Waals surface area contributed by atoms with E-state index in [4.69, 9.17) is 0 Å². The van der Waals surface area contributed by atoms with Gasteiger partial charge in [0.05, 0.1) is 0 Å². The van der Waals surface area contributed by atoms with Gasteiger partial charge in [0.1, 0.15) is 0 Å². The van der Waals surface area contributed by atoms with E-state index < -0.39 is 0 Å². The Morgan fingerprint density at radius 2 is 1.94 bits per heavy atom. The van der Waals surface area contributed by atoms with Crippen LogP contribution in [0.4, 0.5) is 0 Å². The van der Waals surface area contributed by atoms with Crippen molar-refractivity contribution in [2.75, 3.05) is 20.6 Å². The third kappa shape index (κ3) is 3.04. The van der Waals surface area contributed by atoms with E-state index in [0.717, 1.165) is 19.4 Å². The molecule has 3 unspecified atom stereocenters. The lowest BCUT2D eigenvalue weighted by Crippen LogP contribution is -2.56. The van der Waals surface area contributed by atoms with Crippen molar-refractivity contribution in [1.82, 2.24) is 15.5 Å². The second-order valence-corrected chi connectivity index (χ2v) is 6.04.